The highest BCUT2D eigenvalue weighted by atomic mass is 32.1. The fourth-order valence-corrected chi connectivity index (χ4v) is 4.92. The van der Waals surface area contributed by atoms with Crippen LogP contribution in [0.25, 0.3) is 16.2 Å². The number of nitrogens with zero attached hydrogens (tertiary/aromatic N) is 2. The molecule has 4 rings (SSSR count). The van der Waals surface area contributed by atoms with Gasteiger partial charge in [0.15, 0.2) is 4.96 Å². The molecule has 0 saturated heterocycles. The number of ether oxygens (including phenoxy) is 2. The molecule has 1 aliphatic rings. The van der Waals surface area contributed by atoms with Gasteiger partial charge in [0.2, 0.25) is 0 Å². The Bertz CT molecular complexity index is 1210. The summed E-state index contributed by atoms with van der Waals surface area (Å²) >= 11 is 1.55. The van der Waals surface area contributed by atoms with Crippen LogP contribution < -0.4 is 5.32 Å². The van der Waals surface area contributed by atoms with Crippen molar-refractivity contribution >= 4 is 28.2 Å². The van der Waals surface area contributed by atoms with Crippen LogP contribution in [0.3, 0.4) is 0 Å². The molecule has 0 saturated carbocycles. The Labute approximate surface area is 184 Å². The van der Waals surface area contributed by atoms with Crippen molar-refractivity contribution in [2.75, 3.05) is 14.2 Å². The summed E-state index contributed by atoms with van der Waals surface area (Å²) in [7, 11) is 2.67. The molecule has 0 unspecified atom stereocenters. The van der Waals surface area contributed by atoms with E-state index in [4.69, 9.17) is 14.5 Å². The second kappa shape index (κ2) is 8.03. The zero-order valence-electron chi connectivity index (χ0n) is 18.0. The summed E-state index contributed by atoms with van der Waals surface area (Å²) in [6.45, 7) is 5.60. The van der Waals surface area contributed by atoms with Gasteiger partial charge in [0.1, 0.15) is 0 Å². The van der Waals surface area contributed by atoms with Crippen LogP contribution in [0.5, 0.6) is 0 Å². The molecule has 1 aliphatic heterocycles. The lowest BCUT2D eigenvalue weighted by molar-refractivity contribution is -0.137. The summed E-state index contributed by atoms with van der Waals surface area (Å²) in [4.78, 5) is 32.6. The second-order valence-electron chi connectivity index (χ2n) is 7.32. The lowest BCUT2D eigenvalue weighted by atomic mass is 9.81. The average molecular weight is 438 g/mol. The highest BCUT2D eigenvalue weighted by molar-refractivity contribution is 7.17. The maximum absolute atomic E-state index is 12.9. The van der Waals surface area contributed by atoms with Crippen molar-refractivity contribution in [2.24, 2.45) is 0 Å². The summed E-state index contributed by atoms with van der Waals surface area (Å²) in [5.74, 6) is -1.73. The molecule has 0 spiro atoms. The van der Waals surface area contributed by atoms with Gasteiger partial charge in [-0.1, -0.05) is 30.3 Å². The van der Waals surface area contributed by atoms with Gasteiger partial charge in [-0.05, 0) is 20.8 Å². The predicted octanol–water partition coefficient (Wildman–Crippen LogP) is 3.95. The molecule has 31 heavy (non-hydrogen) atoms. The lowest BCUT2D eigenvalue weighted by Gasteiger charge is -2.30. The van der Waals surface area contributed by atoms with E-state index in [1.807, 2.05) is 47.9 Å². The number of hydrogen-bond acceptors (Lipinski definition) is 7. The molecule has 0 radical (unpaired) electrons. The van der Waals surface area contributed by atoms with Crippen LogP contribution in [-0.2, 0) is 19.1 Å². The van der Waals surface area contributed by atoms with Crippen molar-refractivity contribution in [3.63, 3.8) is 0 Å². The summed E-state index contributed by atoms with van der Waals surface area (Å²) in [6.07, 6.45) is 1.98. The monoisotopic (exact) mass is 437 g/mol. The number of rotatable bonds is 4. The van der Waals surface area contributed by atoms with E-state index in [1.165, 1.54) is 14.2 Å². The molecule has 3 aromatic rings. The Kier molecular flexibility index (Phi) is 5.41. The molecule has 3 heterocycles. The number of methoxy groups -OCH3 is 2. The number of dihydropyridines is 1. The van der Waals surface area contributed by atoms with Gasteiger partial charge in [0, 0.05) is 28.0 Å². The summed E-state index contributed by atoms with van der Waals surface area (Å²) in [5.41, 5.74) is 4.31. The minimum Gasteiger partial charge on any atom is -0.466 e. The molecule has 1 aromatic carbocycles. The van der Waals surface area contributed by atoms with Crippen molar-refractivity contribution in [3.05, 3.63) is 69.6 Å². The molecule has 0 atom stereocenters. The standard InChI is InChI=1S/C23H23N3O4S/c1-12-11-26-20(19(25-23(26)31-12)15-9-7-6-8-10-15)18-16(21(27)29-4)13(2)24-14(3)17(18)22(28)30-5/h6-11,18,24H,1-5H3. The Morgan fingerprint density at radius 3 is 2.13 bits per heavy atom. The Balaban J connectivity index is 2.09. The number of benzene rings is 1. The number of imidazole rings is 1. The summed E-state index contributed by atoms with van der Waals surface area (Å²) in [6, 6.07) is 9.74. The number of esters is 2. The van der Waals surface area contributed by atoms with Crippen LogP contribution in [-0.4, -0.2) is 35.5 Å². The topological polar surface area (TPSA) is 81.9 Å². The van der Waals surface area contributed by atoms with Gasteiger partial charge in [-0.25, -0.2) is 14.6 Å². The first kappa shape index (κ1) is 20.9. The Hall–Kier alpha value is -3.39. The SMILES string of the molecule is COC(=O)C1=C(C)NC(C)=C(C(=O)OC)C1c1c(-c2ccccc2)nc2sc(C)cn12. The fourth-order valence-electron chi connectivity index (χ4n) is 4.09. The number of thiazole rings is 1. The summed E-state index contributed by atoms with van der Waals surface area (Å²) < 4.78 is 12.2. The van der Waals surface area contributed by atoms with E-state index in [0.717, 1.165) is 21.1 Å². The molecular formula is C23H23N3O4S. The molecule has 0 aliphatic carbocycles. The van der Waals surface area contributed by atoms with E-state index in [0.29, 0.717) is 28.2 Å². The number of carbonyl (C=O) groups is 2. The van der Waals surface area contributed by atoms with Crippen LogP contribution in [0.1, 0.15) is 30.3 Å². The molecule has 2 aromatic heterocycles. The number of carbonyl (C=O) groups excluding carboxylic acids is 2. The third-order valence-electron chi connectivity index (χ3n) is 5.37. The molecule has 8 heteroatoms. The fraction of sp³-hybridized carbons (Fsp3) is 0.261. The van der Waals surface area contributed by atoms with Gasteiger partial charge in [0.05, 0.1) is 42.7 Å². The highest BCUT2D eigenvalue weighted by Crippen LogP contribution is 2.44. The maximum Gasteiger partial charge on any atom is 0.336 e. The van der Waals surface area contributed by atoms with Gasteiger partial charge in [0.25, 0.3) is 0 Å². The molecular weight excluding hydrogens is 414 g/mol. The normalized spacial score (nSPS) is 14.7. The van der Waals surface area contributed by atoms with Gasteiger partial charge < -0.3 is 14.8 Å². The predicted molar refractivity (Wildman–Crippen MR) is 119 cm³/mol. The molecule has 7 nitrogen and oxygen atoms in total. The van der Waals surface area contributed by atoms with Crippen molar-refractivity contribution < 1.29 is 19.1 Å². The van der Waals surface area contributed by atoms with E-state index < -0.39 is 17.9 Å². The zero-order valence-corrected chi connectivity index (χ0v) is 18.8. The molecule has 160 valence electrons. The minimum atomic E-state index is -0.708. The van der Waals surface area contributed by atoms with E-state index in [9.17, 15) is 9.59 Å². The molecule has 0 bridgehead atoms. The van der Waals surface area contributed by atoms with Gasteiger partial charge in [-0.2, -0.15) is 0 Å². The van der Waals surface area contributed by atoms with Crippen LogP contribution in [0.2, 0.25) is 0 Å². The smallest absolute Gasteiger partial charge is 0.336 e. The third-order valence-corrected chi connectivity index (χ3v) is 6.27. The Morgan fingerprint density at radius 1 is 1.00 bits per heavy atom. The maximum atomic E-state index is 12.9. The minimum absolute atomic E-state index is 0.358. The Morgan fingerprint density at radius 2 is 1.58 bits per heavy atom. The third kappa shape index (κ3) is 3.42. The first-order chi connectivity index (χ1) is 14.9. The van der Waals surface area contributed by atoms with Crippen molar-refractivity contribution in [1.82, 2.24) is 14.7 Å². The van der Waals surface area contributed by atoms with E-state index in [1.54, 1.807) is 25.2 Å². The molecule has 0 amide bonds. The number of aromatic nitrogens is 2. The first-order valence-corrected chi connectivity index (χ1v) is 10.6. The first-order valence-electron chi connectivity index (χ1n) is 9.76. The van der Waals surface area contributed by atoms with Crippen LogP contribution in [0, 0.1) is 6.92 Å². The van der Waals surface area contributed by atoms with Crippen LogP contribution >= 0.6 is 11.3 Å². The zero-order chi connectivity index (χ0) is 22.3. The van der Waals surface area contributed by atoms with E-state index in [2.05, 4.69) is 5.32 Å². The largest absolute Gasteiger partial charge is 0.466 e. The van der Waals surface area contributed by atoms with Crippen molar-refractivity contribution in [2.45, 2.75) is 26.7 Å². The van der Waals surface area contributed by atoms with Crippen molar-refractivity contribution in [1.29, 1.82) is 0 Å². The number of aryl methyl sites for hydroxylation is 1. The number of fused-ring (bicyclic) bond motifs is 1. The second-order valence-corrected chi connectivity index (χ2v) is 8.54. The van der Waals surface area contributed by atoms with Gasteiger partial charge in [-0.3, -0.25) is 4.40 Å². The lowest BCUT2D eigenvalue weighted by Crippen LogP contribution is -2.32. The van der Waals surface area contributed by atoms with Gasteiger partial charge in [-0.15, -0.1) is 11.3 Å². The van der Waals surface area contributed by atoms with E-state index in [-0.39, 0.29) is 0 Å². The van der Waals surface area contributed by atoms with Crippen LogP contribution in [0.15, 0.2) is 59.1 Å². The molecule has 1 N–H and O–H groups in total. The number of allylic oxidation sites excluding steroid dienone is 2. The number of hydrogen-bond donors (Lipinski definition) is 1. The molecule has 0 fully saturated rings. The van der Waals surface area contributed by atoms with E-state index >= 15 is 0 Å². The van der Waals surface area contributed by atoms with Crippen LogP contribution in [0.4, 0.5) is 0 Å². The highest BCUT2D eigenvalue weighted by Gasteiger charge is 2.41. The average Bonchev–Trinajstić information content (AvgIpc) is 3.28. The van der Waals surface area contributed by atoms with Crippen molar-refractivity contribution in [3.8, 4) is 11.3 Å². The van der Waals surface area contributed by atoms with Gasteiger partial charge >= 0.3 is 11.9 Å². The summed E-state index contributed by atoms with van der Waals surface area (Å²) in [5, 5.41) is 3.14. The quantitative estimate of drug-likeness (QED) is 0.623. The number of nitrogens with one attached hydrogen (secondary N) is 1.